The molecule has 3 rings (SSSR count). The highest BCUT2D eigenvalue weighted by Crippen LogP contribution is 2.35. The zero-order valence-corrected chi connectivity index (χ0v) is 11.3. The summed E-state index contributed by atoms with van der Waals surface area (Å²) in [5.41, 5.74) is 0.862. The van der Waals surface area contributed by atoms with Gasteiger partial charge in [-0.2, -0.15) is 22.5 Å². The number of nitrogens with one attached hydrogen (secondary N) is 1. The molecule has 0 saturated heterocycles. The molecule has 6 nitrogen and oxygen atoms in total. The first-order valence-corrected chi connectivity index (χ1v) is 6.43. The van der Waals surface area contributed by atoms with Crippen molar-refractivity contribution < 1.29 is 31.6 Å². The predicted octanol–water partition coefficient (Wildman–Crippen LogP) is 2.49. The second-order valence-corrected chi connectivity index (χ2v) is 4.68. The van der Waals surface area contributed by atoms with E-state index in [-0.39, 0.29) is 12.4 Å². The summed E-state index contributed by atoms with van der Waals surface area (Å²) in [6.07, 6.45) is -6.00. The first kappa shape index (κ1) is 15.3. The summed E-state index contributed by atoms with van der Waals surface area (Å²) in [6, 6.07) is 3.77. The predicted molar refractivity (Wildman–Crippen MR) is 67.1 cm³/mol. The van der Waals surface area contributed by atoms with Crippen LogP contribution in [0.1, 0.15) is 23.9 Å². The smallest absolute Gasteiger partial charge is 0.315 e. The lowest BCUT2D eigenvalue weighted by Gasteiger charge is -2.11. The molecule has 0 saturated carbocycles. The van der Waals surface area contributed by atoms with Gasteiger partial charge in [0.15, 0.2) is 0 Å². The van der Waals surface area contributed by atoms with Crippen LogP contribution in [-0.2, 0) is 4.79 Å². The zero-order valence-electron chi connectivity index (χ0n) is 11.3. The highest BCUT2D eigenvalue weighted by atomic mass is 19.3. The fourth-order valence-electron chi connectivity index (χ4n) is 2.14. The number of alkyl halides is 4. The Morgan fingerprint density at radius 3 is 2.74 bits per heavy atom. The minimum atomic E-state index is -3.12. The number of fused-ring (bicyclic) bond motifs is 1. The van der Waals surface area contributed by atoms with Gasteiger partial charge in [-0.05, 0) is 6.07 Å². The lowest BCUT2D eigenvalue weighted by Crippen LogP contribution is -2.33. The topological polar surface area (TPSA) is 77.2 Å². The third kappa shape index (κ3) is 2.96. The van der Waals surface area contributed by atoms with Gasteiger partial charge in [-0.3, -0.25) is 4.79 Å². The van der Waals surface area contributed by atoms with Gasteiger partial charge in [0.1, 0.15) is 12.4 Å². The average Bonchev–Trinajstić information content (AvgIpc) is 3.14. The summed E-state index contributed by atoms with van der Waals surface area (Å²) in [5.74, 6) is -1.92. The Morgan fingerprint density at radius 1 is 1.30 bits per heavy atom. The summed E-state index contributed by atoms with van der Waals surface area (Å²) in [4.78, 5) is 14.6. The van der Waals surface area contributed by atoms with E-state index in [9.17, 15) is 22.4 Å². The Morgan fingerprint density at radius 2 is 2.09 bits per heavy atom. The molecule has 122 valence electrons. The molecule has 1 aliphatic rings. The second-order valence-electron chi connectivity index (χ2n) is 4.68. The molecule has 0 radical (unpaired) electrons. The van der Waals surface area contributed by atoms with Crippen molar-refractivity contribution in [3.05, 3.63) is 29.7 Å². The van der Waals surface area contributed by atoms with Crippen LogP contribution in [-0.4, -0.2) is 29.1 Å². The minimum Gasteiger partial charge on any atom is -0.491 e. The van der Waals surface area contributed by atoms with Gasteiger partial charge in [0.05, 0.1) is 6.04 Å². The number of carbonyl (C=O) groups is 1. The fraction of sp³-hybridized carbons (Fsp3) is 0.308. The van der Waals surface area contributed by atoms with Crippen molar-refractivity contribution >= 4 is 5.91 Å². The monoisotopic (exact) mass is 331 g/mol. The van der Waals surface area contributed by atoms with Crippen molar-refractivity contribution in [1.82, 2.24) is 15.5 Å². The number of amides is 1. The van der Waals surface area contributed by atoms with Crippen LogP contribution < -0.4 is 10.1 Å². The number of aromatic nitrogens is 2. The molecule has 1 atom stereocenters. The Hall–Kier alpha value is -2.65. The average molecular weight is 331 g/mol. The molecule has 2 aromatic rings. The van der Waals surface area contributed by atoms with Gasteiger partial charge in [-0.25, -0.2) is 0 Å². The molecule has 0 aliphatic carbocycles. The molecule has 2 heterocycles. The molecular weight excluding hydrogens is 322 g/mol. The van der Waals surface area contributed by atoms with E-state index in [1.165, 1.54) is 18.2 Å². The van der Waals surface area contributed by atoms with E-state index < -0.39 is 30.7 Å². The van der Waals surface area contributed by atoms with Gasteiger partial charge in [0, 0.05) is 11.1 Å². The highest BCUT2D eigenvalue weighted by Gasteiger charge is 2.29. The van der Waals surface area contributed by atoms with Crippen molar-refractivity contribution in [2.45, 2.75) is 18.9 Å². The van der Waals surface area contributed by atoms with Crippen LogP contribution in [0.15, 0.2) is 22.7 Å². The Balaban J connectivity index is 1.82. The van der Waals surface area contributed by atoms with Crippen LogP contribution in [0.25, 0.3) is 11.4 Å². The first-order chi connectivity index (χ1) is 11.0. The number of nitrogens with zero attached hydrogens (tertiary/aromatic N) is 2. The fourth-order valence-corrected chi connectivity index (χ4v) is 2.14. The molecule has 10 heteroatoms. The van der Waals surface area contributed by atoms with Crippen LogP contribution in [0.2, 0.25) is 0 Å². The van der Waals surface area contributed by atoms with E-state index in [1.54, 1.807) is 0 Å². The van der Waals surface area contributed by atoms with Crippen molar-refractivity contribution in [3.8, 4) is 17.1 Å². The van der Waals surface area contributed by atoms with Crippen molar-refractivity contribution in [2.24, 2.45) is 0 Å². The standard InChI is InChI=1S/C13H9F4N3O3/c14-9(15)12(21)18-7-4-22-8-3-5(1-2-6(7)8)11-19-13(10(16)17)23-20-11/h1-3,7,9-10H,4H2,(H,18,21)/t7-/m1/s1. The molecule has 1 aliphatic heterocycles. The Labute approximate surface area is 126 Å². The third-order valence-corrected chi connectivity index (χ3v) is 3.20. The van der Waals surface area contributed by atoms with E-state index in [0.717, 1.165) is 0 Å². The number of benzene rings is 1. The summed E-state index contributed by atoms with van der Waals surface area (Å²) >= 11 is 0. The van der Waals surface area contributed by atoms with Crippen LogP contribution in [0.4, 0.5) is 17.6 Å². The number of carbonyl (C=O) groups excluding carboxylic acids is 1. The van der Waals surface area contributed by atoms with E-state index in [4.69, 9.17) is 4.74 Å². The van der Waals surface area contributed by atoms with Gasteiger partial charge >= 0.3 is 12.9 Å². The molecule has 1 aromatic heterocycles. The number of ether oxygens (including phenoxy) is 1. The third-order valence-electron chi connectivity index (χ3n) is 3.20. The van der Waals surface area contributed by atoms with Gasteiger partial charge in [-0.1, -0.05) is 17.3 Å². The summed E-state index contributed by atoms with van der Waals surface area (Å²) in [7, 11) is 0. The van der Waals surface area contributed by atoms with Gasteiger partial charge in [0.2, 0.25) is 5.82 Å². The van der Waals surface area contributed by atoms with E-state index >= 15 is 0 Å². The number of halogens is 4. The maximum absolute atomic E-state index is 12.4. The molecule has 0 spiro atoms. The number of hydrogen-bond donors (Lipinski definition) is 1. The van der Waals surface area contributed by atoms with Crippen LogP contribution in [0.3, 0.4) is 0 Å². The Kier molecular flexibility index (Phi) is 3.89. The van der Waals surface area contributed by atoms with E-state index in [1.807, 2.05) is 0 Å². The second kappa shape index (κ2) is 5.86. The molecule has 1 aromatic carbocycles. The number of rotatable bonds is 4. The zero-order chi connectivity index (χ0) is 16.6. The van der Waals surface area contributed by atoms with E-state index in [0.29, 0.717) is 16.9 Å². The number of hydrogen-bond acceptors (Lipinski definition) is 5. The van der Waals surface area contributed by atoms with Crippen molar-refractivity contribution in [3.63, 3.8) is 0 Å². The largest absolute Gasteiger partial charge is 0.491 e. The van der Waals surface area contributed by atoms with Crippen LogP contribution >= 0.6 is 0 Å². The van der Waals surface area contributed by atoms with Crippen LogP contribution in [0.5, 0.6) is 5.75 Å². The van der Waals surface area contributed by atoms with Crippen LogP contribution in [0, 0.1) is 0 Å². The SMILES string of the molecule is O=C(N[C@@H]1COc2cc(-c3noc(C(F)F)n3)ccc21)C(F)F. The van der Waals surface area contributed by atoms with Crippen molar-refractivity contribution in [2.75, 3.05) is 6.61 Å². The summed E-state index contributed by atoms with van der Waals surface area (Å²) in [5, 5.41) is 5.58. The quantitative estimate of drug-likeness (QED) is 0.871. The molecule has 0 unspecified atom stereocenters. The van der Waals surface area contributed by atoms with Gasteiger partial charge in [0.25, 0.3) is 11.8 Å². The summed E-state index contributed by atoms with van der Waals surface area (Å²) < 4.78 is 59.1. The first-order valence-electron chi connectivity index (χ1n) is 6.43. The summed E-state index contributed by atoms with van der Waals surface area (Å²) in [6.45, 7) is -0.00816. The maximum Gasteiger partial charge on any atom is 0.315 e. The molecule has 23 heavy (non-hydrogen) atoms. The van der Waals surface area contributed by atoms with Gasteiger partial charge in [-0.15, -0.1) is 0 Å². The van der Waals surface area contributed by atoms with E-state index in [2.05, 4.69) is 20.0 Å². The molecule has 0 fully saturated rings. The molecular formula is C13H9F4N3O3. The van der Waals surface area contributed by atoms with Gasteiger partial charge < -0.3 is 14.6 Å². The molecule has 1 N–H and O–H groups in total. The molecule has 0 bridgehead atoms. The lowest BCUT2D eigenvalue weighted by molar-refractivity contribution is -0.132. The minimum absolute atomic E-state index is 0.00816. The normalized spacial score (nSPS) is 16.5. The molecule has 1 amide bonds. The van der Waals surface area contributed by atoms with Crippen molar-refractivity contribution in [1.29, 1.82) is 0 Å². The maximum atomic E-state index is 12.4. The highest BCUT2D eigenvalue weighted by molar-refractivity contribution is 5.80. The lowest BCUT2D eigenvalue weighted by atomic mass is 10.1. The Bertz CT molecular complexity index is 735.